The monoisotopic (exact) mass is 237 g/mol. The van der Waals surface area contributed by atoms with E-state index in [-0.39, 0.29) is 5.78 Å². The van der Waals surface area contributed by atoms with Gasteiger partial charge >= 0.3 is 0 Å². The van der Waals surface area contributed by atoms with Crippen molar-refractivity contribution in [3.05, 3.63) is 47.2 Å². The Morgan fingerprint density at radius 3 is 2.83 bits per heavy atom. The van der Waals surface area contributed by atoms with Gasteiger partial charge in [-0.2, -0.15) is 0 Å². The van der Waals surface area contributed by atoms with E-state index in [0.717, 1.165) is 18.5 Å². The normalized spacial score (nSPS) is 16.4. The first-order valence-electron chi connectivity index (χ1n) is 6.30. The van der Waals surface area contributed by atoms with Gasteiger partial charge in [-0.15, -0.1) is 0 Å². The number of dihydropyridines is 1. The van der Waals surface area contributed by atoms with Gasteiger partial charge in [-0.1, -0.05) is 24.3 Å². The lowest BCUT2D eigenvalue weighted by molar-refractivity contribution is -0.116. The number of benzene rings is 1. The zero-order valence-electron chi connectivity index (χ0n) is 10.4. The molecular formula is C16H15NO. The van der Waals surface area contributed by atoms with Gasteiger partial charge in [-0.3, -0.25) is 4.99 Å². The van der Waals surface area contributed by atoms with Crippen LogP contribution < -0.4 is 0 Å². The molecular weight excluding hydrogens is 222 g/mol. The van der Waals surface area contributed by atoms with Crippen LogP contribution in [0.25, 0.3) is 11.1 Å². The molecule has 0 amide bonds. The van der Waals surface area contributed by atoms with Crippen molar-refractivity contribution in [1.82, 2.24) is 0 Å². The summed E-state index contributed by atoms with van der Waals surface area (Å²) in [5.41, 5.74) is 6.26. The number of carbonyl (C=O) groups is 1. The van der Waals surface area contributed by atoms with Crippen LogP contribution in [0, 0.1) is 0 Å². The van der Waals surface area contributed by atoms with E-state index >= 15 is 0 Å². The third kappa shape index (κ3) is 1.84. The number of hydrogen-bond acceptors (Lipinski definition) is 2. The molecule has 0 N–H and O–H groups in total. The van der Waals surface area contributed by atoms with E-state index in [1.54, 1.807) is 6.92 Å². The quantitative estimate of drug-likeness (QED) is 0.789. The van der Waals surface area contributed by atoms with Crippen molar-refractivity contribution < 1.29 is 4.79 Å². The third-order valence-electron chi connectivity index (χ3n) is 3.54. The molecule has 2 heteroatoms. The Hall–Kier alpha value is -1.96. The van der Waals surface area contributed by atoms with E-state index in [1.165, 1.54) is 22.3 Å². The van der Waals surface area contributed by atoms with Crippen LogP contribution in [-0.4, -0.2) is 12.0 Å². The number of ketones is 1. The zero-order chi connectivity index (χ0) is 12.5. The van der Waals surface area contributed by atoms with E-state index in [0.29, 0.717) is 6.42 Å². The second kappa shape index (κ2) is 4.37. The number of aliphatic imine (C=N–C) groups is 1. The Bertz CT molecular complexity index is 605. The fraction of sp³-hybridized carbons (Fsp3) is 0.250. The van der Waals surface area contributed by atoms with Crippen molar-refractivity contribution in [1.29, 1.82) is 0 Å². The van der Waals surface area contributed by atoms with E-state index in [1.807, 2.05) is 6.21 Å². The maximum atomic E-state index is 11.2. The van der Waals surface area contributed by atoms with E-state index in [2.05, 4.69) is 35.3 Å². The fourth-order valence-corrected chi connectivity index (χ4v) is 2.63. The maximum absolute atomic E-state index is 11.2. The summed E-state index contributed by atoms with van der Waals surface area (Å²) in [5.74, 6) is 0.238. The summed E-state index contributed by atoms with van der Waals surface area (Å²) in [5, 5.41) is 0. The van der Waals surface area contributed by atoms with Crippen molar-refractivity contribution in [2.75, 3.05) is 0 Å². The number of fused-ring (bicyclic) bond motifs is 4. The predicted molar refractivity (Wildman–Crippen MR) is 74.4 cm³/mol. The highest BCUT2D eigenvalue weighted by molar-refractivity contribution is 5.97. The lowest BCUT2D eigenvalue weighted by atomic mass is 9.82. The minimum Gasteiger partial charge on any atom is -0.300 e. The molecule has 0 radical (unpaired) electrons. The first kappa shape index (κ1) is 11.1. The summed E-state index contributed by atoms with van der Waals surface area (Å²) < 4.78 is 0. The van der Waals surface area contributed by atoms with Crippen LogP contribution in [0.1, 0.15) is 37.3 Å². The molecule has 2 aliphatic rings. The average Bonchev–Trinajstić information content (AvgIpc) is 2.39. The highest BCUT2D eigenvalue weighted by Gasteiger charge is 2.23. The molecule has 90 valence electrons. The van der Waals surface area contributed by atoms with Crippen LogP contribution in [0.4, 0.5) is 0 Å². The second-order valence-electron chi connectivity index (χ2n) is 4.82. The van der Waals surface area contributed by atoms with Gasteiger partial charge in [0.1, 0.15) is 5.78 Å². The van der Waals surface area contributed by atoms with Crippen LogP contribution in [0.15, 0.2) is 41.0 Å². The van der Waals surface area contributed by atoms with Gasteiger partial charge in [0.15, 0.2) is 0 Å². The number of nitrogens with zero attached hydrogens (tertiary/aromatic N) is 1. The van der Waals surface area contributed by atoms with Crippen LogP contribution >= 0.6 is 0 Å². The summed E-state index contributed by atoms with van der Waals surface area (Å²) in [6.45, 7) is 1.65. The number of rotatable bonds is 3. The maximum Gasteiger partial charge on any atom is 0.130 e. The molecule has 18 heavy (non-hydrogen) atoms. The molecule has 0 saturated carbocycles. The van der Waals surface area contributed by atoms with E-state index < -0.39 is 0 Å². The van der Waals surface area contributed by atoms with Crippen molar-refractivity contribution in [3.8, 4) is 0 Å². The largest absolute Gasteiger partial charge is 0.300 e. The lowest BCUT2D eigenvalue weighted by Crippen LogP contribution is -2.07. The summed E-state index contributed by atoms with van der Waals surface area (Å²) in [7, 11) is 0. The third-order valence-corrected chi connectivity index (χ3v) is 3.54. The first-order valence-corrected chi connectivity index (χ1v) is 6.30. The molecule has 1 aliphatic carbocycles. The SMILES string of the molecule is CC(=O)CCC1=C2CC(=CC=N2)c2ccccc21. The smallest absolute Gasteiger partial charge is 0.130 e. The summed E-state index contributed by atoms with van der Waals surface area (Å²) in [6.07, 6.45) is 6.26. The van der Waals surface area contributed by atoms with Gasteiger partial charge in [0.05, 0.1) is 0 Å². The minimum absolute atomic E-state index is 0.238. The van der Waals surface area contributed by atoms with Gasteiger partial charge in [0, 0.05) is 24.8 Å². The number of Topliss-reactive ketones (excluding diaryl/α,β-unsaturated/α-hetero) is 1. The molecule has 2 nitrogen and oxygen atoms in total. The number of carbonyl (C=O) groups excluding carboxylic acids is 1. The fourth-order valence-electron chi connectivity index (χ4n) is 2.63. The van der Waals surface area contributed by atoms with Gasteiger partial charge in [-0.25, -0.2) is 0 Å². The van der Waals surface area contributed by atoms with Gasteiger partial charge in [-0.05, 0) is 41.7 Å². The topological polar surface area (TPSA) is 29.4 Å². The van der Waals surface area contributed by atoms with Crippen molar-refractivity contribution in [3.63, 3.8) is 0 Å². The molecule has 0 saturated heterocycles. The number of allylic oxidation sites excluding steroid dienone is 3. The standard InChI is InChI=1S/C16H15NO/c1-11(18)6-7-15-14-5-3-2-4-13(14)12-8-9-17-16(15)10-12/h2-5,8-9H,6-7,10H2,1H3. The van der Waals surface area contributed by atoms with Gasteiger partial charge < -0.3 is 4.79 Å². The molecule has 3 rings (SSSR count). The molecule has 1 heterocycles. The molecule has 2 bridgehead atoms. The average molecular weight is 237 g/mol. The van der Waals surface area contributed by atoms with Gasteiger partial charge in [0.25, 0.3) is 0 Å². The number of hydrogen-bond donors (Lipinski definition) is 0. The molecule has 0 atom stereocenters. The predicted octanol–water partition coefficient (Wildman–Crippen LogP) is 3.64. The Kier molecular flexibility index (Phi) is 2.71. The summed E-state index contributed by atoms with van der Waals surface area (Å²) in [4.78, 5) is 15.7. The Labute approximate surface area is 107 Å². The summed E-state index contributed by atoms with van der Waals surface area (Å²) in [6, 6.07) is 8.42. The van der Waals surface area contributed by atoms with Crippen LogP contribution in [0.5, 0.6) is 0 Å². The molecule has 1 aromatic carbocycles. The van der Waals surface area contributed by atoms with Crippen molar-refractivity contribution in [2.24, 2.45) is 4.99 Å². The Balaban J connectivity index is 2.08. The highest BCUT2D eigenvalue weighted by Crippen LogP contribution is 2.41. The van der Waals surface area contributed by atoms with E-state index in [4.69, 9.17) is 0 Å². The molecule has 0 spiro atoms. The molecule has 1 aromatic rings. The summed E-state index contributed by atoms with van der Waals surface area (Å²) >= 11 is 0. The van der Waals surface area contributed by atoms with Crippen LogP contribution in [0.2, 0.25) is 0 Å². The van der Waals surface area contributed by atoms with Crippen LogP contribution in [-0.2, 0) is 4.79 Å². The minimum atomic E-state index is 0.238. The first-order chi connectivity index (χ1) is 8.75. The second-order valence-corrected chi connectivity index (χ2v) is 4.82. The highest BCUT2D eigenvalue weighted by atomic mass is 16.1. The van der Waals surface area contributed by atoms with E-state index in [9.17, 15) is 4.79 Å². The lowest BCUT2D eigenvalue weighted by Gasteiger charge is -2.25. The van der Waals surface area contributed by atoms with Crippen molar-refractivity contribution in [2.45, 2.75) is 26.2 Å². The van der Waals surface area contributed by atoms with Crippen LogP contribution in [0.3, 0.4) is 0 Å². The molecule has 0 fully saturated rings. The zero-order valence-corrected chi connectivity index (χ0v) is 10.4. The molecule has 0 unspecified atom stereocenters. The Morgan fingerprint density at radius 2 is 2.06 bits per heavy atom. The van der Waals surface area contributed by atoms with Gasteiger partial charge in [0.2, 0.25) is 0 Å². The molecule has 1 aliphatic heterocycles. The Morgan fingerprint density at radius 1 is 1.28 bits per heavy atom. The molecule has 0 aromatic heterocycles. The van der Waals surface area contributed by atoms with Crippen molar-refractivity contribution >= 4 is 23.1 Å².